The first-order valence-electron chi connectivity index (χ1n) is 8.50. The Bertz CT molecular complexity index is 1120. The molecule has 2 heterocycles. The summed E-state index contributed by atoms with van der Waals surface area (Å²) in [4.78, 5) is 35.8. The maximum atomic E-state index is 12.5. The highest BCUT2D eigenvalue weighted by Gasteiger charge is 2.29. The topological polar surface area (TPSA) is 153 Å². The fourth-order valence-electron chi connectivity index (χ4n) is 3.26. The summed E-state index contributed by atoms with van der Waals surface area (Å²) in [5, 5.41) is 19.5. The molecule has 3 aromatic rings. The summed E-state index contributed by atoms with van der Waals surface area (Å²) in [6, 6.07) is 3.08. The number of carboxylic acids is 1. The van der Waals surface area contributed by atoms with E-state index >= 15 is 0 Å². The maximum Gasteiger partial charge on any atom is 0.341 e. The number of ether oxygens (including phenoxy) is 2. The van der Waals surface area contributed by atoms with Gasteiger partial charge in [-0.05, 0) is 31.5 Å². The van der Waals surface area contributed by atoms with Crippen LogP contribution in [0.15, 0.2) is 21.7 Å². The number of benzene rings is 1. The van der Waals surface area contributed by atoms with Gasteiger partial charge in [-0.3, -0.25) is 19.8 Å². The average molecular weight is 423 g/mol. The standard InChI is InChI=1S/C18H19ClN4O6/c1-7-13(17(26)22-20-7)15(14-8(2)21-23-18(14)27)9-4-10(19)16(11(5-9)28-3)29-6-12(24)25/h4-5,15H,6H2,1-3H3,(H,24,25)(H2,20,22,26)(H2,21,23,27). The van der Waals surface area contributed by atoms with Gasteiger partial charge in [0.15, 0.2) is 18.1 Å². The monoisotopic (exact) mass is 422 g/mol. The van der Waals surface area contributed by atoms with Gasteiger partial charge in [0.05, 0.1) is 23.3 Å². The fraction of sp³-hybridized carbons (Fsp3) is 0.278. The Morgan fingerprint density at radius 3 is 2.03 bits per heavy atom. The number of hydrogen-bond donors (Lipinski definition) is 5. The first kappa shape index (κ1) is 20.3. The molecule has 154 valence electrons. The molecular formula is C18H19ClN4O6. The number of H-pyrrole nitrogens is 4. The van der Waals surface area contributed by atoms with Crippen LogP contribution in [0, 0.1) is 13.8 Å². The average Bonchev–Trinajstić information content (AvgIpc) is 3.17. The Morgan fingerprint density at radius 1 is 1.07 bits per heavy atom. The number of methoxy groups -OCH3 is 1. The van der Waals surface area contributed by atoms with E-state index in [1.54, 1.807) is 19.9 Å². The predicted octanol–water partition coefficient (Wildman–Crippen LogP) is 1.64. The molecule has 0 bridgehead atoms. The van der Waals surface area contributed by atoms with E-state index in [4.69, 9.17) is 26.2 Å². The van der Waals surface area contributed by atoms with Crippen molar-refractivity contribution < 1.29 is 19.4 Å². The zero-order chi connectivity index (χ0) is 21.3. The molecule has 0 aliphatic heterocycles. The lowest BCUT2D eigenvalue weighted by Gasteiger charge is -2.19. The third-order valence-corrected chi connectivity index (χ3v) is 4.81. The normalized spacial score (nSPS) is 11.1. The van der Waals surface area contributed by atoms with Crippen molar-refractivity contribution in [3.05, 3.63) is 65.9 Å². The van der Waals surface area contributed by atoms with Gasteiger partial charge in [-0.1, -0.05) is 11.6 Å². The van der Waals surface area contributed by atoms with E-state index in [9.17, 15) is 14.4 Å². The van der Waals surface area contributed by atoms with E-state index < -0.39 is 18.5 Å². The fourth-order valence-corrected chi connectivity index (χ4v) is 3.54. The SMILES string of the molecule is COc1cc(C(c2c(C)[nH][nH]c2=O)c2c(C)[nH][nH]c2=O)cc(Cl)c1OCC(=O)O. The molecule has 0 saturated carbocycles. The lowest BCUT2D eigenvalue weighted by molar-refractivity contribution is -0.139. The summed E-state index contributed by atoms with van der Waals surface area (Å²) < 4.78 is 10.5. The van der Waals surface area contributed by atoms with Gasteiger partial charge < -0.3 is 24.8 Å². The van der Waals surface area contributed by atoms with Gasteiger partial charge in [0.2, 0.25) is 0 Å². The van der Waals surface area contributed by atoms with Gasteiger partial charge in [-0.25, -0.2) is 4.79 Å². The Labute approximate surface area is 168 Å². The molecule has 0 fully saturated rings. The van der Waals surface area contributed by atoms with E-state index in [0.29, 0.717) is 28.1 Å². The minimum absolute atomic E-state index is 0.0541. The van der Waals surface area contributed by atoms with Crippen LogP contribution in [0.4, 0.5) is 0 Å². The van der Waals surface area contributed by atoms with Gasteiger partial charge in [-0.2, -0.15) is 0 Å². The van der Waals surface area contributed by atoms with Crippen LogP contribution in [0.2, 0.25) is 5.02 Å². The minimum atomic E-state index is -1.17. The van der Waals surface area contributed by atoms with Crippen LogP contribution in [0.25, 0.3) is 0 Å². The molecule has 11 heteroatoms. The van der Waals surface area contributed by atoms with E-state index in [-0.39, 0.29) is 27.6 Å². The number of carbonyl (C=O) groups is 1. The van der Waals surface area contributed by atoms with Crippen molar-refractivity contribution in [1.82, 2.24) is 20.4 Å². The third kappa shape index (κ3) is 3.79. The second kappa shape index (κ2) is 7.92. The van der Waals surface area contributed by atoms with E-state index in [1.165, 1.54) is 13.2 Å². The number of hydrogen-bond acceptors (Lipinski definition) is 5. The van der Waals surface area contributed by atoms with Gasteiger partial charge in [0.1, 0.15) is 0 Å². The largest absolute Gasteiger partial charge is 0.493 e. The van der Waals surface area contributed by atoms with Crippen LogP contribution >= 0.6 is 11.6 Å². The molecule has 0 aliphatic rings. The number of carboxylic acid groups (broad SMARTS) is 1. The molecule has 2 aromatic heterocycles. The Morgan fingerprint density at radius 2 is 1.62 bits per heavy atom. The van der Waals surface area contributed by atoms with Crippen molar-refractivity contribution in [2.45, 2.75) is 19.8 Å². The molecule has 1 aromatic carbocycles. The van der Waals surface area contributed by atoms with Crippen molar-refractivity contribution in [1.29, 1.82) is 0 Å². The van der Waals surface area contributed by atoms with Gasteiger partial charge >= 0.3 is 5.97 Å². The Kier molecular flexibility index (Phi) is 5.55. The molecule has 0 amide bonds. The molecule has 3 rings (SSSR count). The quantitative estimate of drug-likeness (QED) is 0.390. The van der Waals surface area contributed by atoms with Gasteiger partial charge in [0, 0.05) is 17.3 Å². The summed E-state index contributed by atoms with van der Waals surface area (Å²) in [7, 11) is 1.38. The van der Waals surface area contributed by atoms with Crippen molar-refractivity contribution in [2.24, 2.45) is 0 Å². The van der Waals surface area contributed by atoms with Gasteiger partial charge in [0.25, 0.3) is 11.1 Å². The molecule has 0 unspecified atom stereocenters. The minimum Gasteiger partial charge on any atom is -0.493 e. The van der Waals surface area contributed by atoms with Crippen molar-refractivity contribution in [2.75, 3.05) is 13.7 Å². The van der Waals surface area contributed by atoms with Crippen molar-refractivity contribution in [3.8, 4) is 11.5 Å². The highest BCUT2D eigenvalue weighted by molar-refractivity contribution is 6.32. The number of nitrogens with one attached hydrogen (secondary N) is 4. The van der Waals surface area contributed by atoms with E-state index in [1.807, 2.05) is 0 Å². The first-order valence-corrected chi connectivity index (χ1v) is 8.88. The summed E-state index contributed by atoms with van der Waals surface area (Å²) in [5.74, 6) is -1.71. The lowest BCUT2D eigenvalue weighted by Crippen LogP contribution is -2.20. The highest BCUT2D eigenvalue weighted by atomic mass is 35.5. The van der Waals surface area contributed by atoms with Crippen LogP contribution < -0.4 is 20.6 Å². The summed E-state index contributed by atoms with van der Waals surface area (Å²) in [5.41, 5.74) is 1.53. The van der Waals surface area contributed by atoms with E-state index in [2.05, 4.69) is 20.4 Å². The van der Waals surface area contributed by atoms with Crippen molar-refractivity contribution >= 4 is 17.6 Å². The zero-order valence-corrected chi connectivity index (χ0v) is 16.6. The zero-order valence-electron chi connectivity index (χ0n) is 15.8. The molecule has 0 radical (unpaired) electrons. The molecule has 5 N–H and O–H groups in total. The Hall–Kier alpha value is -3.40. The lowest BCUT2D eigenvalue weighted by atomic mass is 9.85. The van der Waals surface area contributed by atoms with Crippen LogP contribution in [0.1, 0.15) is 34.0 Å². The number of aromatic amines is 4. The molecule has 0 atom stereocenters. The van der Waals surface area contributed by atoms with Crippen molar-refractivity contribution in [3.63, 3.8) is 0 Å². The third-order valence-electron chi connectivity index (χ3n) is 4.53. The number of rotatable bonds is 7. The number of halogens is 1. The molecule has 10 nitrogen and oxygen atoms in total. The summed E-state index contributed by atoms with van der Waals surface area (Å²) in [6.45, 7) is 2.81. The maximum absolute atomic E-state index is 12.5. The number of aliphatic carboxylic acids is 1. The second-order valence-electron chi connectivity index (χ2n) is 6.39. The van der Waals surface area contributed by atoms with Crippen LogP contribution in [-0.4, -0.2) is 45.2 Å². The predicted molar refractivity (Wildman–Crippen MR) is 104 cm³/mol. The molecule has 0 saturated heterocycles. The second-order valence-corrected chi connectivity index (χ2v) is 6.79. The van der Waals surface area contributed by atoms with Crippen LogP contribution in [0.5, 0.6) is 11.5 Å². The highest BCUT2D eigenvalue weighted by Crippen LogP contribution is 2.41. The molecule has 29 heavy (non-hydrogen) atoms. The van der Waals surface area contributed by atoms with Gasteiger partial charge in [-0.15, -0.1) is 0 Å². The Balaban J connectivity index is 2.25. The molecule has 0 spiro atoms. The van der Waals surface area contributed by atoms with Crippen LogP contribution in [-0.2, 0) is 4.79 Å². The summed E-state index contributed by atoms with van der Waals surface area (Å²) >= 11 is 6.34. The van der Waals surface area contributed by atoms with E-state index in [0.717, 1.165) is 0 Å². The smallest absolute Gasteiger partial charge is 0.341 e. The number of aromatic nitrogens is 4. The summed E-state index contributed by atoms with van der Waals surface area (Å²) in [6.07, 6.45) is 0. The number of aryl methyl sites for hydroxylation is 2. The van der Waals surface area contributed by atoms with Crippen LogP contribution in [0.3, 0.4) is 0 Å². The molecule has 0 aliphatic carbocycles. The molecular weight excluding hydrogens is 404 g/mol. The first-order chi connectivity index (χ1) is 13.7.